The maximum Gasteiger partial charge on any atom is 0.274 e. The fraction of sp³-hybridized carbons (Fsp3) is 0.381. The minimum Gasteiger partial charge on any atom is -0.503 e. The third-order valence-electron chi connectivity index (χ3n) is 5.02. The van der Waals surface area contributed by atoms with Crippen LogP contribution in [-0.4, -0.2) is 60.3 Å². The van der Waals surface area contributed by atoms with Crippen LogP contribution in [0.5, 0.6) is 5.75 Å². The lowest BCUT2D eigenvalue weighted by atomic mass is 10.1. The van der Waals surface area contributed by atoms with Gasteiger partial charge in [0.05, 0.1) is 13.2 Å². The molecule has 0 saturated heterocycles. The Morgan fingerprint density at radius 1 is 1.13 bits per heavy atom. The van der Waals surface area contributed by atoms with Gasteiger partial charge in [-0.2, -0.15) is 0 Å². The zero-order valence-corrected chi connectivity index (χ0v) is 17.0. The van der Waals surface area contributed by atoms with Gasteiger partial charge in [0.15, 0.2) is 11.4 Å². The molecule has 1 aliphatic rings. The molecule has 0 radical (unpaired) electrons. The molecule has 30 heavy (non-hydrogen) atoms. The lowest BCUT2D eigenvalue weighted by Gasteiger charge is -2.30. The van der Waals surface area contributed by atoms with Crippen LogP contribution < -0.4 is 10.7 Å². The first-order chi connectivity index (χ1) is 14.5. The fourth-order valence-electron chi connectivity index (χ4n) is 3.40. The highest BCUT2D eigenvalue weighted by Crippen LogP contribution is 2.20. The Balaban J connectivity index is 1.81. The molecule has 0 fully saturated rings. The number of aromatic nitrogens is 1. The standard InChI is InChI=1S/C21H25N3O6/c1-29-10-9-23-7-8-24-12-16(18(25)19(26)17(24)21(23)28)20(27)22-11-14-5-3-4-6-15(14)13-30-2/h3-6,12,26H,7-11,13H2,1-2H3,(H,22,27). The number of carbonyl (C=O) groups is 2. The van der Waals surface area contributed by atoms with E-state index in [4.69, 9.17) is 9.47 Å². The summed E-state index contributed by atoms with van der Waals surface area (Å²) in [4.78, 5) is 39.4. The zero-order valence-electron chi connectivity index (χ0n) is 17.0. The van der Waals surface area contributed by atoms with E-state index in [9.17, 15) is 19.5 Å². The van der Waals surface area contributed by atoms with Crippen LogP contribution in [0, 0.1) is 0 Å². The molecule has 3 rings (SSSR count). The van der Waals surface area contributed by atoms with Crippen molar-refractivity contribution in [3.05, 3.63) is 63.1 Å². The van der Waals surface area contributed by atoms with Crippen molar-refractivity contribution in [2.24, 2.45) is 0 Å². The molecule has 0 bridgehead atoms. The average Bonchev–Trinajstić information content (AvgIpc) is 2.75. The molecular formula is C21H25N3O6. The number of rotatable bonds is 8. The highest BCUT2D eigenvalue weighted by atomic mass is 16.5. The zero-order chi connectivity index (χ0) is 21.7. The van der Waals surface area contributed by atoms with Gasteiger partial charge in [0, 0.05) is 46.6 Å². The molecule has 2 heterocycles. The summed E-state index contributed by atoms with van der Waals surface area (Å²) in [5.41, 5.74) is 0.597. The number of methoxy groups -OCH3 is 2. The van der Waals surface area contributed by atoms with Crippen LogP contribution in [0.1, 0.15) is 32.0 Å². The lowest BCUT2D eigenvalue weighted by molar-refractivity contribution is 0.0632. The van der Waals surface area contributed by atoms with Crippen molar-refractivity contribution in [3.8, 4) is 5.75 Å². The van der Waals surface area contributed by atoms with Crippen LogP contribution in [0.4, 0.5) is 0 Å². The molecule has 1 aliphatic heterocycles. The Hall–Kier alpha value is -3.17. The van der Waals surface area contributed by atoms with Gasteiger partial charge >= 0.3 is 0 Å². The third kappa shape index (κ3) is 4.37. The molecule has 0 saturated carbocycles. The van der Waals surface area contributed by atoms with Gasteiger partial charge in [-0.3, -0.25) is 14.4 Å². The van der Waals surface area contributed by atoms with Crippen LogP contribution in [0.25, 0.3) is 0 Å². The summed E-state index contributed by atoms with van der Waals surface area (Å²) in [5.74, 6) is -1.80. The summed E-state index contributed by atoms with van der Waals surface area (Å²) < 4.78 is 11.6. The van der Waals surface area contributed by atoms with E-state index >= 15 is 0 Å². The Morgan fingerprint density at radius 3 is 2.57 bits per heavy atom. The largest absolute Gasteiger partial charge is 0.503 e. The van der Waals surface area contributed by atoms with Gasteiger partial charge in [-0.1, -0.05) is 24.3 Å². The summed E-state index contributed by atoms with van der Waals surface area (Å²) in [6, 6.07) is 7.48. The summed E-state index contributed by atoms with van der Waals surface area (Å²) in [5, 5.41) is 13.1. The molecule has 2 amide bonds. The van der Waals surface area contributed by atoms with Crippen molar-refractivity contribution in [3.63, 3.8) is 0 Å². The van der Waals surface area contributed by atoms with Crippen molar-refractivity contribution in [1.82, 2.24) is 14.8 Å². The topological polar surface area (TPSA) is 110 Å². The van der Waals surface area contributed by atoms with E-state index in [2.05, 4.69) is 5.32 Å². The Kier molecular flexibility index (Phi) is 6.86. The van der Waals surface area contributed by atoms with E-state index in [1.54, 1.807) is 7.11 Å². The molecule has 9 heteroatoms. The van der Waals surface area contributed by atoms with E-state index in [0.717, 1.165) is 11.1 Å². The monoisotopic (exact) mass is 415 g/mol. The smallest absolute Gasteiger partial charge is 0.274 e. The number of ether oxygens (including phenoxy) is 2. The average molecular weight is 415 g/mol. The van der Waals surface area contributed by atoms with Gasteiger partial charge in [0.25, 0.3) is 11.8 Å². The number of nitrogens with one attached hydrogen (secondary N) is 1. The van der Waals surface area contributed by atoms with Gasteiger partial charge in [0.2, 0.25) is 5.43 Å². The minimum absolute atomic E-state index is 0.107. The number of hydrogen-bond donors (Lipinski definition) is 2. The summed E-state index contributed by atoms with van der Waals surface area (Å²) >= 11 is 0. The van der Waals surface area contributed by atoms with E-state index in [1.165, 1.54) is 22.8 Å². The van der Waals surface area contributed by atoms with Crippen LogP contribution in [0.2, 0.25) is 0 Å². The van der Waals surface area contributed by atoms with E-state index < -0.39 is 23.0 Å². The predicted molar refractivity (Wildman–Crippen MR) is 108 cm³/mol. The van der Waals surface area contributed by atoms with Crippen molar-refractivity contribution in [2.75, 3.05) is 33.9 Å². The Bertz CT molecular complexity index is 1000. The quantitative estimate of drug-likeness (QED) is 0.658. The third-order valence-corrected chi connectivity index (χ3v) is 5.02. The van der Waals surface area contributed by atoms with Gasteiger partial charge in [-0.05, 0) is 11.1 Å². The molecule has 0 spiro atoms. The van der Waals surface area contributed by atoms with Gasteiger partial charge in [-0.25, -0.2) is 0 Å². The molecule has 0 atom stereocenters. The second-order valence-electron chi connectivity index (χ2n) is 6.93. The van der Waals surface area contributed by atoms with Crippen LogP contribution in [-0.2, 0) is 29.2 Å². The maximum absolute atomic E-state index is 12.7. The second-order valence-corrected chi connectivity index (χ2v) is 6.93. The maximum atomic E-state index is 12.7. The molecule has 1 aromatic heterocycles. The van der Waals surface area contributed by atoms with Gasteiger partial charge in [0.1, 0.15) is 5.56 Å². The first-order valence-corrected chi connectivity index (χ1v) is 9.56. The van der Waals surface area contributed by atoms with Crippen molar-refractivity contribution in [2.45, 2.75) is 19.7 Å². The molecule has 0 unspecified atom stereocenters. The number of nitrogens with zero attached hydrogens (tertiary/aromatic N) is 2. The summed E-state index contributed by atoms with van der Waals surface area (Å²) in [7, 11) is 3.12. The van der Waals surface area contributed by atoms with Crippen LogP contribution >= 0.6 is 0 Å². The Morgan fingerprint density at radius 2 is 1.87 bits per heavy atom. The number of fused-ring (bicyclic) bond motifs is 1. The van der Waals surface area contributed by atoms with E-state index in [1.807, 2.05) is 24.3 Å². The van der Waals surface area contributed by atoms with Crippen molar-refractivity contribution in [1.29, 1.82) is 0 Å². The molecule has 2 aromatic rings. The van der Waals surface area contributed by atoms with Crippen LogP contribution in [0.15, 0.2) is 35.3 Å². The van der Waals surface area contributed by atoms with Gasteiger partial charge < -0.3 is 29.4 Å². The van der Waals surface area contributed by atoms with E-state index in [-0.39, 0.29) is 17.8 Å². The lowest BCUT2D eigenvalue weighted by Crippen LogP contribution is -2.44. The van der Waals surface area contributed by atoms with Gasteiger partial charge in [-0.15, -0.1) is 0 Å². The number of pyridine rings is 1. The fourth-order valence-corrected chi connectivity index (χ4v) is 3.40. The number of aromatic hydroxyl groups is 1. The number of amides is 2. The first kappa shape index (κ1) is 21.5. The number of carbonyl (C=O) groups excluding carboxylic acids is 2. The summed E-state index contributed by atoms with van der Waals surface area (Å²) in [6.07, 6.45) is 1.33. The number of hydrogen-bond acceptors (Lipinski definition) is 6. The van der Waals surface area contributed by atoms with E-state index in [0.29, 0.717) is 32.8 Å². The Labute approximate surface area is 173 Å². The first-order valence-electron chi connectivity index (χ1n) is 9.56. The highest BCUT2D eigenvalue weighted by Gasteiger charge is 2.30. The highest BCUT2D eigenvalue weighted by molar-refractivity contribution is 5.99. The predicted octanol–water partition coefficient (Wildman–Crippen LogP) is 0.732. The molecule has 160 valence electrons. The molecule has 2 N–H and O–H groups in total. The van der Waals surface area contributed by atoms with Crippen LogP contribution in [0.3, 0.4) is 0 Å². The minimum atomic E-state index is -0.870. The van der Waals surface area contributed by atoms with Crippen molar-refractivity contribution >= 4 is 11.8 Å². The van der Waals surface area contributed by atoms with Crippen molar-refractivity contribution < 1.29 is 24.2 Å². The second kappa shape index (κ2) is 9.55. The molecular weight excluding hydrogens is 390 g/mol. The normalized spacial score (nSPS) is 13.3. The molecule has 9 nitrogen and oxygen atoms in total. The number of benzene rings is 1. The molecule has 1 aromatic carbocycles. The summed E-state index contributed by atoms with van der Waals surface area (Å²) in [6.45, 7) is 2.05. The SMILES string of the molecule is COCCN1CCn2cc(C(=O)NCc3ccccc3COC)c(=O)c(O)c2C1=O. The molecule has 0 aliphatic carbocycles.